The highest BCUT2D eigenvalue weighted by Crippen LogP contribution is 2.30. The molecular weight excluding hydrogens is 376 g/mol. The number of hydrogen-bond acceptors (Lipinski definition) is 6. The molecule has 0 aliphatic carbocycles. The minimum Gasteiger partial charge on any atom is -0.493 e. The monoisotopic (exact) mass is 408 g/mol. The van der Waals surface area contributed by atoms with E-state index in [4.69, 9.17) is 18.9 Å². The van der Waals surface area contributed by atoms with E-state index in [0.717, 1.165) is 12.8 Å². The molecule has 8 nitrogen and oxygen atoms in total. The first-order valence-corrected chi connectivity index (χ1v) is 9.96. The van der Waals surface area contributed by atoms with Gasteiger partial charge in [-0.15, -0.1) is 0 Å². The first kappa shape index (κ1) is 23.1. The van der Waals surface area contributed by atoms with Crippen molar-refractivity contribution in [3.8, 4) is 5.75 Å². The van der Waals surface area contributed by atoms with E-state index in [1.807, 2.05) is 20.8 Å². The number of ether oxygens (including phenoxy) is 4. The molecule has 3 amide bonds. The van der Waals surface area contributed by atoms with Crippen molar-refractivity contribution in [1.82, 2.24) is 10.6 Å². The molecule has 8 heteroatoms. The molecule has 0 bridgehead atoms. The van der Waals surface area contributed by atoms with E-state index in [9.17, 15) is 9.59 Å². The van der Waals surface area contributed by atoms with Gasteiger partial charge in [0.05, 0.1) is 18.3 Å². The summed E-state index contributed by atoms with van der Waals surface area (Å²) in [5, 5.41) is 4.99. The summed E-state index contributed by atoms with van der Waals surface area (Å²) in [5.41, 5.74) is 0.310. The summed E-state index contributed by atoms with van der Waals surface area (Å²) in [5.74, 6) is -0.785. The number of carbonyl (C=O) groups is 2. The van der Waals surface area contributed by atoms with Crippen molar-refractivity contribution in [3.05, 3.63) is 29.8 Å². The summed E-state index contributed by atoms with van der Waals surface area (Å²) in [7, 11) is 1.54. The molecule has 2 unspecified atom stereocenters. The summed E-state index contributed by atoms with van der Waals surface area (Å²) in [6.07, 6.45) is 0.935. The summed E-state index contributed by atoms with van der Waals surface area (Å²) < 4.78 is 22.7. The Morgan fingerprint density at radius 2 is 1.97 bits per heavy atom. The van der Waals surface area contributed by atoms with Gasteiger partial charge >= 0.3 is 6.03 Å². The number of hydrogen-bond donors (Lipinski definition) is 2. The zero-order valence-electron chi connectivity index (χ0n) is 17.8. The number of unbranched alkanes of at least 4 members (excludes halogenated alkanes) is 1. The fraction of sp³-hybridized carbons (Fsp3) is 0.619. The number of amides is 3. The predicted molar refractivity (Wildman–Crippen MR) is 108 cm³/mol. The van der Waals surface area contributed by atoms with E-state index >= 15 is 0 Å². The quantitative estimate of drug-likeness (QED) is 0.610. The third kappa shape index (κ3) is 6.69. The van der Waals surface area contributed by atoms with Crippen molar-refractivity contribution in [3.63, 3.8) is 0 Å². The van der Waals surface area contributed by atoms with Gasteiger partial charge in [-0.3, -0.25) is 10.1 Å². The average Bonchev–Trinajstić information content (AvgIpc) is 2.95. The van der Waals surface area contributed by atoms with E-state index in [0.29, 0.717) is 17.9 Å². The highest BCUT2D eigenvalue weighted by atomic mass is 16.8. The van der Waals surface area contributed by atoms with Crippen LogP contribution in [0.4, 0.5) is 4.79 Å². The average molecular weight is 408 g/mol. The Hall–Kier alpha value is -2.16. The molecule has 162 valence electrons. The number of carbonyl (C=O) groups excluding carboxylic acids is 2. The molecule has 0 radical (unpaired) electrons. The Labute approximate surface area is 172 Å². The molecule has 1 aliphatic rings. The minimum absolute atomic E-state index is 0.165. The van der Waals surface area contributed by atoms with Crippen LogP contribution in [0.3, 0.4) is 0 Å². The normalized spacial score (nSPS) is 21.4. The summed E-state index contributed by atoms with van der Waals surface area (Å²) >= 11 is 0. The van der Waals surface area contributed by atoms with Gasteiger partial charge in [0.1, 0.15) is 18.0 Å². The van der Waals surface area contributed by atoms with Gasteiger partial charge in [0.15, 0.2) is 5.79 Å². The number of nitrogens with one attached hydrogen (secondary N) is 2. The van der Waals surface area contributed by atoms with E-state index in [2.05, 4.69) is 17.6 Å². The maximum Gasteiger partial charge on any atom is 0.321 e. The lowest BCUT2D eigenvalue weighted by atomic mass is 10.1. The number of urea groups is 1. The molecule has 29 heavy (non-hydrogen) atoms. The van der Waals surface area contributed by atoms with Crippen LogP contribution in [0.1, 0.15) is 50.9 Å². The van der Waals surface area contributed by atoms with E-state index < -0.39 is 23.8 Å². The molecule has 1 aliphatic heterocycles. The van der Waals surface area contributed by atoms with Gasteiger partial charge < -0.3 is 24.3 Å². The van der Waals surface area contributed by atoms with Crippen molar-refractivity contribution in [2.24, 2.45) is 0 Å². The molecule has 1 aromatic rings. The summed E-state index contributed by atoms with van der Waals surface area (Å²) in [4.78, 5) is 24.7. The first-order chi connectivity index (χ1) is 13.8. The minimum atomic E-state index is -0.708. The number of imide groups is 1. The van der Waals surface area contributed by atoms with E-state index in [1.54, 1.807) is 31.4 Å². The predicted octanol–water partition coefficient (Wildman–Crippen LogP) is 2.86. The smallest absolute Gasteiger partial charge is 0.321 e. The highest BCUT2D eigenvalue weighted by molar-refractivity contribution is 6.05. The van der Waals surface area contributed by atoms with Crippen LogP contribution >= 0.6 is 0 Å². The lowest BCUT2D eigenvalue weighted by molar-refractivity contribution is -0.156. The van der Waals surface area contributed by atoms with Gasteiger partial charge in [-0.2, -0.15) is 0 Å². The van der Waals surface area contributed by atoms with Crippen LogP contribution in [0.15, 0.2) is 24.3 Å². The molecule has 1 fully saturated rings. The van der Waals surface area contributed by atoms with Gasteiger partial charge in [0.2, 0.25) is 0 Å². The number of benzene rings is 1. The van der Waals surface area contributed by atoms with Crippen molar-refractivity contribution < 1.29 is 28.5 Å². The Balaban J connectivity index is 1.89. The molecular formula is C21H32N2O6. The number of methoxy groups -OCH3 is 1. The third-order valence-electron chi connectivity index (χ3n) is 4.60. The number of rotatable bonds is 9. The number of para-hydroxylation sites is 1. The van der Waals surface area contributed by atoms with Crippen molar-refractivity contribution in [1.29, 1.82) is 0 Å². The second-order valence-corrected chi connectivity index (χ2v) is 7.44. The second kappa shape index (κ2) is 10.6. The van der Waals surface area contributed by atoms with Crippen LogP contribution in [-0.4, -0.2) is 56.3 Å². The lowest BCUT2D eigenvalue weighted by Crippen LogP contribution is -2.47. The Morgan fingerprint density at radius 3 is 2.59 bits per heavy atom. The van der Waals surface area contributed by atoms with Crippen molar-refractivity contribution in [2.45, 2.75) is 64.6 Å². The molecule has 0 saturated carbocycles. The van der Waals surface area contributed by atoms with Crippen LogP contribution in [0.2, 0.25) is 0 Å². The molecule has 1 heterocycles. The van der Waals surface area contributed by atoms with Crippen molar-refractivity contribution in [2.75, 3.05) is 20.3 Å². The van der Waals surface area contributed by atoms with Crippen LogP contribution in [0, 0.1) is 0 Å². The van der Waals surface area contributed by atoms with Crippen LogP contribution < -0.4 is 15.4 Å². The highest BCUT2D eigenvalue weighted by Gasteiger charge is 2.43. The Kier molecular flexibility index (Phi) is 8.43. The second-order valence-electron chi connectivity index (χ2n) is 7.44. The Bertz CT molecular complexity index is 694. The van der Waals surface area contributed by atoms with Gasteiger partial charge in [0, 0.05) is 13.7 Å². The first-order valence-electron chi connectivity index (χ1n) is 9.96. The molecule has 0 aromatic heterocycles. The molecule has 2 rings (SSSR count). The van der Waals surface area contributed by atoms with Crippen LogP contribution in [0.5, 0.6) is 5.75 Å². The summed E-state index contributed by atoms with van der Waals surface area (Å²) in [6, 6.07) is 6.22. The topological polar surface area (TPSA) is 95.1 Å². The van der Waals surface area contributed by atoms with Crippen LogP contribution in [0.25, 0.3) is 0 Å². The SMILES string of the molecule is CCCCOc1ccccc1C(=O)NC(=O)NC[C@@H](OC)C1OC(C)(C)OC1C. The van der Waals surface area contributed by atoms with Gasteiger partial charge in [-0.25, -0.2) is 4.79 Å². The van der Waals surface area contributed by atoms with Crippen molar-refractivity contribution >= 4 is 11.9 Å². The van der Waals surface area contributed by atoms with Crippen LogP contribution in [-0.2, 0) is 14.2 Å². The summed E-state index contributed by atoms with van der Waals surface area (Å²) in [6.45, 7) is 8.29. The molecule has 3 atom stereocenters. The van der Waals surface area contributed by atoms with E-state index in [-0.39, 0.29) is 18.8 Å². The standard InChI is InChI=1S/C21H32N2O6/c1-6-7-12-27-16-11-9-8-10-15(16)19(24)23-20(25)22-13-17(26-5)18-14(2)28-21(3,4)29-18/h8-11,14,17-18H,6-7,12-13H2,1-5H3,(H2,22,23,24,25)/t14?,17-,18?/m1/s1. The molecule has 2 N–H and O–H groups in total. The lowest BCUT2D eigenvalue weighted by Gasteiger charge is -2.24. The maximum absolute atomic E-state index is 12.5. The van der Waals surface area contributed by atoms with Gasteiger partial charge in [-0.1, -0.05) is 25.5 Å². The zero-order chi connectivity index (χ0) is 21.4. The third-order valence-corrected chi connectivity index (χ3v) is 4.60. The fourth-order valence-electron chi connectivity index (χ4n) is 3.19. The zero-order valence-corrected chi connectivity index (χ0v) is 17.8. The van der Waals surface area contributed by atoms with Gasteiger partial charge in [-0.05, 0) is 39.3 Å². The maximum atomic E-state index is 12.5. The van der Waals surface area contributed by atoms with Gasteiger partial charge in [0.25, 0.3) is 5.91 Å². The molecule has 1 saturated heterocycles. The molecule has 1 aromatic carbocycles. The largest absolute Gasteiger partial charge is 0.493 e. The Morgan fingerprint density at radius 1 is 1.24 bits per heavy atom. The molecule has 0 spiro atoms. The van der Waals surface area contributed by atoms with E-state index in [1.165, 1.54) is 0 Å². The fourth-order valence-corrected chi connectivity index (χ4v) is 3.19.